The molecule has 1 fully saturated rings. The number of amides is 1. The molecule has 2 N–H and O–H groups in total. The first kappa shape index (κ1) is 25.0. The van der Waals surface area contributed by atoms with Crippen LogP contribution in [0.15, 0.2) is 66.9 Å². The Labute approximate surface area is 207 Å². The van der Waals surface area contributed by atoms with Crippen LogP contribution in [-0.4, -0.2) is 30.6 Å². The Hall–Kier alpha value is -3.09. The van der Waals surface area contributed by atoms with E-state index in [4.69, 9.17) is 10.5 Å². The number of benzene rings is 2. The number of nitrogens with zero attached hydrogens (tertiary/aromatic N) is 2. The number of carbonyl (C=O) groups is 1. The Morgan fingerprint density at radius 1 is 1.11 bits per heavy atom. The lowest BCUT2D eigenvalue weighted by Crippen LogP contribution is -2.45. The van der Waals surface area contributed by atoms with Crippen LogP contribution in [0.1, 0.15) is 43.9 Å². The highest BCUT2D eigenvalue weighted by molar-refractivity contribution is 5.97. The maximum absolute atomic E-state index is 13.6. The largest absolute Gasteiger partial charge is 0.380 e. The SMILES string of the molecule is CC[C@H](C)[C@H](N)CN(C(=O)[C@H]1C[C@@H]1c1ccc(F)cn1)c1ccc(-c2ccc(COC)cc2)cc1. The Kier molecular flexibility index (Phi) is 7.93. The molecule has 0 unspecified atom stereocenters. The number of ether oxygens (including phenoxy) is 1. The minimum atomic E-state index is -0.369. The molecule has 4 atom stereocenters. The van der Waals surface area contributed by atoms with Crippen LogP contribution >= 0.6 is 0 Å². The normalized spacial score (nSPS) is 18.7. The van der Waals surface area contributed by atoms with Crippen molar-refractivity contribution < 1.29 is 13.9 Å². The van der Waals surface area contributed by atoms with E-state index >= 15 is 0 Å². The highest BCUT2D eigenvalue weighted by Crippen LogP contribution is 2.48. The predicted octanol–water partition coefficient (Wildman–Crippen LogP) is 5.54. The minimum absolute atomic E-state index is 0.0234. The second kappa shape index (κ2) is 11.1. The van der Waals surface area contributed by atoms with Gasteiger partial charge >= 0.3 is 0 Å². The summed E-state index contributed by atoms with van der Waals surface area (Å²) < 4.78 is 18.5. The molecule has 0 aliphatic heterocycles. The van der Waals surface area contributed by atoms with Gasteiger partial charge in [0, 0.05) is 42.9 Å². The monoisotopic (exact) mass is 475 g/mol. The van der Waals surface area contributed by atoms with E-state index in [1.54, 1.807) is 13.2 Å². The second-order valence-electron chi connectivity index (χ2n) is 9.53. The number of rotatable bonds is 10. The number of nitrogens with two attached hydrogens (primary N) is 1. The number of pyridine rings is 1. The van der Waals surface area contributed by atoms with Crippen LogP contribution in [-0.2, 0) is 16.1 Å². The predicted molar refractivity (Wildman–Crippen MR) is 137 cm³/mol. The molecule has 1 aliphatic carbocycles. The van der Waals surface area contributed by atoms with E-state index in [-0.39, 0.29) is 29.6 Å². The van der Waals surface area contributed by atoms with Gasteiger partial charge in [0.05, 0.1) is 12.8 Å². The van der Waals surface area contributed by atoms with E-state index < -0.39 is 0 Å². The molecule has 1 aliphatic rings. The van der Waals surface area contributed by atoms with Gasteiger partial charge in [-0.05, 0) is 53.3 Å². The summed E-state index contributed by atoms with van der Waals surface area (Å²) in [4.78, 5) is 19.6. The van der Waals surface area contributed by atoms with Crippen molar-refractivity contribution in [1.29, 1.82) is 0 Å². The third kappa shape index (κ3) is 5.95. The Morgan fingerprint density at radius 2 is 1.77 bits per heavy atom. The third-order valence-electron chi connectivity index (χ3n) is 7.05. The lowest BCUT2D eigenvalue weighted by molar-refractivity contribution is -0.120. The highest BCUT2D eigenvalue weighted by atomic mass is 19.1. The van der Waals surface area contributed by atoms with Gasteiger partial charge in [0.2, 0.25) is 5.91 Å². The van der Waals surface area contributed by atoms with Gasteiger partial charge < -0.3 is 15.4 Å². The van der Waals surface area contributed by atoms with Crippen molar-refractivity contribution in [2.75, 3.05) is 18.6 Å². The van der Waals surface area contributed by atoms with E-state index in [1.807, 2.05) is 29.2 Å². The molecule has 35 heavy (non-hydrogen) atoms. The Morgan fingerprint density at radius 3 is 2.34 bits per heavy atom. The summed E-state index contributed by atoms with van der Waals surface area (Å²) in [6.45, 7) is 5.27. The number of methoxy groups -OCH3 is 1. The van der Waals surface area contributed by atoms with Gasteiger partial charge in [0.15, 0.2) is 0 Å². The van der Waals surface area contributed by atoms with Crippen LogP contribution < -0.4 is 10.6 Å². The molecule has 1 amide bonds. The minimum Gasteiger partial charge on any atom is -0.380 e. The summed E-state index contributed by atoms with van der Waals surface area (Å²) in [6.07, 6.45) is 2.89. The number of hydrogen-bond donors (Lipinski definition) is 1. The van der Waals surface area contributed by atoms with Crippen molar-refractivity contribution in [3.8, 4) is 11.1 Å². The average molecular weight is 476 g/mol. The standard InChI is InChI=1S/C29H34FN3O2/c1-4-19(2)27(31)17-33(29(34)26-15-25(26)28-14-11-23(30)16-32-28)24-12-9-22(10-13-24)21-7-5-20(6-8-21)18-35-3/h5-14,16,19,25-27H,4,15,17-18,31H2,1-3H3/t19-,25-,26-,27+/m0/s1. The summed E-state index contributed by atoms with van der Waals surface area (Å²) in [5, 5.41) is 0. The lowest BCUT2D eigenvalue weighted by atomic mass is 9.98. The van der Waals surface area contributed by atoms with Gasteiger partial charge in [0.25, 0.3) is 0 Å². The van der Waals surface area contributed by atoms with Gasteiger partial charge in [0.1, 0.15) is 5.82 Å². The molecule has 0 bridgehead atoms. The van der Waals surface area contributed by atoms with Gasteiger partial charge in [-0.25, -0.2) is 4.39 Å². The highest BCUT2D eigenvalue weighted by Gasteiger charge is 2.47. The first-order chi connectivity index (χ1) is 16.9. The van der Waals surface area contributed by atoms with Crippen molar-refractivity contribution in [1.82, 2.24) is 4.98 Å². The molecule has 1 heterocycles. The second-order valence-corrected chi connectivity index (χ2v) is 9.53. The molecule has 1 aromatic heterocycles. The Bertz CT molecular complexity index is 1120. The topological polar surface area (TPSA) is 68.5 Å². The maximum atomic E-state index is 13.6. The fourth-order valence-electron chi connectivity index (χ4n) is 4.41. The molecular formula is C29H34FN3O2. The summed E-state index contributed by atoms with van der Waals surface area (Å²) in [7, 11) is 1.69. The zero-order chi connectivity index (χ0) is 24.9. The molecule has 2 aromatic carbocycles. The maximum Gasteiger partial charge on any atom is 0.230 e. The fraction of sp³-hybridized carbons (Fsp3) is 0.379. The Balaban J connectivity index is 1.54. The first-order valence-corrected chi connectivity index (χ1v) is 12.3. The van der Waals surface area contributed by atoms with Crippen molar-refractivity contribution in [3.05, 3.63) is 83.9 Å². The molecule has 0 radical (unpaired) electrons. The number of carbonyl (C=O) groups excluding carboxylic acids is 1. The molecule has 3 aromatic rings. The quantitative estimate of drug-likeness (QED) is 0.418. The number of hydrogen-bond acceptors (Lipinski definition) is 4. The van der Waals surface area contributed by atoms with Crippen LogP contribution in [0, 0.1) is 17.7 Å². The van der Waals surface area contributed by atoms with Gasteiger partial charge in [-0.15, -0.1) is 0 Å². The molecule has 4 rings (SSSR count). The van der Waals surface area contributed by atoms with Crippen LogP contribution in [0.25, 0.3) is 11.1 Å². The van der Waals surface area contributed by atoms with Crippen molar-refractivity contribution in [2.24, 2.45) is 17.6 Å². The van der Waals surface area contributed by atoms with Gasteiger partial charge in [-0.3, -0.25) is 9.78 Å². The van der Waals surface area contributed by atoms with E-state index in [9.17, 15) is 9.18 Å². The summed E-state index contributed by atoms with van der Waals surface area (Å²) in [6, 6.07) is 19.3. The van der Waals surface area contributed by atoms with Crippen LogP contribution in [0.3, 0.4) is 0 Å². The zero-order valence-corrected chi connectivity index (χ0v) is 20.7. The number of anilines is 1. The molecular weight excluding hydrogens is 441 g/mol. The lowest BCUT2D eigenvalue weighted by Gasteiger charge is -2.29. The van der Waals surface area contributed by atoms with Crippen molar-refractivity contribution in [2.45, 2.75) is 45.3 Å². The molecule has 0 saturated heterocycles. The molecule has 184 valence electrons. The summed E-state index contributed by atoms with van der Waals surface area (Å²) >= 11 is 0. The van der Waals surface area contributed by atoms with Crippen molar-refractivity contribution >= 4 is 11.6 Å². The molecule has 6 heteroatoms. The molecule has 1 saturated carbocycles. The van der Waals surface area contributed by atoms with E-state index in [0.29, 0.717) is 19.1 Å². The molecule has 5 nitrogen and oxygen atoms in total. The average Bonchev–Trinajstić information content (AvgIpc) is 3.68. The summed E-state index contributed by atoms with van der Waals surface area (Å²) in [5.41, 5.74) is 11.4. The summed E-state index contributed by atoms with van der Waals surface area (Å²) in [5.74, 6) is -0.159. The fourth-order valence-corrected chi connectivity index (χ4v) is 4.41. The third-order valence-corrected chi connectivity index (χ3v) is 7.05. The first-order valence-electron chi connectivity index (χ1n) is 12.3. The van der Waals surface area contributed by atoms with Crippen molar-refractivity contribution in [3.63, 3.8) is 0 Å². The van der Waals surface area contributed by atoms with E-state index in [1.165, 1.54) is 12.3 Å². The zero-order valence-electron chi connectivity index (χ0n) is 20.7. The van der Waals surface area contributed by atoms with Crippen LogP contribution in [0.5, 0.6) is 0 Å². The van der Waals surface area contributed by atoms with Crippen LogP contribution in [0.2, 0.25) is 0 Å². The number of halogens is 1. The van der Waals surface area contributed by atoms with E-state index in [0.717, 1.165) is 40.9 Å². The molecule has 0 spiro atoms. The van der Waals surface area contributed by atoms with E-state index in [2.05, 4.69) is 43.1 Å². The van der Waals surface area contributed by atoms with Gasteiger partial charge in [-0.2, -0.15) is 0 Å². The van der Waals surface area contributed by atoms with Crippen LogP contribution in [0.4, 0.5) is 10.1 Å². The number of aromatic nitrogens is 1. The smallest absolute Gasteiger partial charge is 0.230 e. The van der Waals surface area contributed by atoms with Gasteiger partial charge in [-0.1, -0.05) is 56.7 Å².